The van der Waals surface area contributed by atoms with Crippen molar-refractivity contribution in [2.45, 2.75) is 0 Å². The molecule has 0 bridgehead atoms. The van der Waals surface area contributed by atoms with Crippen molar-refractivity contribution < 1.29 is 9.21 Å². The van der Waals surface area contributed by atoms with Crippen molar-refractivity contribution in [2.24, 2.45) is 0 Å². The summed E-state index contributed by atoms with van der Waals surface area (Å²) in [5.74, 6) is 0.938. The maximum atomic E-state index is 10.7. The third-order valence-corrected chi connectivity index (χ3v) is 2.84. The van der Waals surface area contributed by atoms with E-state index in [1.165, 1.54) is 4.52 Å². The predicted molar refractivity (Wildman–Crippen MR) is 68.2 cm³/mol. The summed E-state index contributed by atoms with van der Waals surface area (Å²) >= 11 is 3.21. The van der Waals surface area contributed by atoms with Crippen molar-refractivity contribution in [1.29, 1.82) is 0 Å². The molecule has 0 saturated heterocycles. The number of anilines is 1. The second-order valence-electron chi connectivity index (χ2n) is 3.65. The second kappa shape index (κ2) is 3.95. The Morgan fingerprint density at radius 1 is 1.44 bits per heavy atom. The summed E-state index contributed by atoms with van der Waals surface area (Å²) in [7, 11) is 0. The van der Waals surface area contributed by atoms with E-state index in [1.54, 1.807) is 24.4 Å². The average Bonchev–Trinajstić information content (AvgIpc) is 2.94. The van der Waals surface area contributed by atoms with Gasteiger partial charge in [-0.25, -0.2) is 9.50 Å². The monoisotopic (exact) mass is 306 g/mol. The number of nitrogens with two attached hydrogens (primary N) is 1. The fourth-order valence-corrected chi connectivity index (χ4v) is 1.94. The molecule has 0 aliphatic rings. The number of halogens is 1. The van der Waals surface area contributed by atoms with E-state index in [1.807, 2.05) is 0 Å². The number of aromatic nitrogens is 3. The first-order valence-electron chi connectivity index (χ1n) is 5.04. The zero-order chi connectivity index (χ0) is 12.7. The number of carbonyl (C=O) groups excluding carboxylic acids is 1. The van der Waals surface area contributed by atoms with Gasteiger partial charge in [-0.1, -0.05) is 0 Å². The molecule has 0 radical (unpaired) electrons. The molecule has 3 heterocycles. The first kappa shape index (κ1) is 11.0. The molecule has 3 aromatic heterocycles. The highest BCUT2D eigenvalue weighted by Crippen LogP contribution is 2.24. The molecular weight excluding hydrogens is 300 g/mol. The van der Waals surface area contributed by atoms with Gasteiger partial charge in [0.2, 0.25) is 5.82 Å². The molecule has 6 nitrogen and oxygen atoms in total. The van der Waals surface area contributed by atoms with Crippen LogP contribution < -0.4 is 5.73 Å². The zero-order valence-electron chi connectivity index (χ0n) is 9.00. The summed E-state index contributed by atoms with van der Waals surface area (Å²) in [5.41, 5.74) is 7.13. The van der Waals surface area contributed by atoms with Crippen LogP contribution in [0.2, 0.25) is 0 Å². The van der Waals surface area contributed by atoms with E-state index in [4.69, 9.17) is 10.2 Å². The van der Waals surface area contributed by atoms with Gasteiger partial charge in [0.25, 0.3) is 0 Å². The van der Waals surface area contributed by atoms with Gasteiger partial charge in [-0.15, -0.1) is 5.10 Å². The number of nitrogen functional groups attached to an aromatic ring is 1. The van der Waals surface area contributed by atoms with Gasteiger partial charge < -0.3 is 10.2 Å². The Hall–Kier alpha value is -2.15. The summed E-state index contributed by atoms with van der Waals surface area (Å²) in [6.45, 7) is 0. The van der Waals surface area contributed by atoms with Crippen LogP contribution in [0.25, 0.3) is 17.2 Å². The van der Waals surface area contributed by atoms with Gasteiger partial charge in [0.1, 0.15) is 0 Å². The molecule has 3 rings (SSSR count). The first-order chi connectivity index (χ1) is 8.67. The van der Waals surface area contributed by atoms with Crippen molar-refractivity contribution in [3.05, 3.63) is 34.6 Å². The largest absolute Gasteiger partial charge is 0.446 e. The molecule has 0 amide bonds. The quantitative estimate of drug-likeness (QED) is 0.733. The first-order valence-corrected chi connectivity index (χ1v) is 5.83. The molecule has 7 heteroatoms. The minimum absolute atomic E-state index is 0.393. The third kappa shape index (κ3) is 1.68. The molecule has 18 heavy (non-hydrogen) atoms. The van der Waals surface area contributed by atoms with E-state index in [0.29, 0.717) is 39.4 Å². The number of rotatable bonds is 2. The SMILES string of the molecule is Nc1cc(C=O)cn2nc(-c3ccc(Br)o3)nc12. The van der Waals surface area contributed by atoms with E-state index in [-0.39, 0.29) is 0 Å². The van der Waals surface area contributed by atoms with Crippen LogP contribution in [0, 0.1) is 0 Å². The highest BCUT2D eigenvalue weighted by atomic mass is 79.9. The Morgan fingerprint density at radius 2 is 2.28 bits per heavy atom. The molecule has 0 saturated carbocycles. The summed E-state index contributed by atoms with van der Waals surface area (Å²) in [6, 6.07) is 5.05. The van der Waals surface area contributed by atoms with Gasteiger partial charge in [-0.3, -0.25) is 4.79 Å². The zero-order valence-corrected chi connectivity index (χ0v) is 10.6. The topological polar surface area (TPSA) is 86.4 Å². The number of hydrogen-bond acceptors (Lipinski definition) is 5. The Bertz CT molecular complexity index is 747. The maximum absolute atomic E-state index is 10.7. The molecule has 90 valence electrons. The Balaban J connectivity index is 2.22. The van der Waals surface area contributed by atoms with Crippen molar-refractivity contribution in [3.8, 4) is 11.6 Å². The van der Waals surface area contributed by atoms with Gasteiger partial charge in [0, 0.05) is 11.8 Å². The maximum Gasteiger partial charge on any atom is 0.218 e. The molecule has 0 aromatic carbocycles. The number of furan rings is 1. The highest BCUT2D eigenvalue weighted by Gasteiger charge is 2.12. The van der Waals surface area contributed by atoms with Crippen molar-refractivity contribution in [2.75, 3.05) is 5.73 Å². The molecular formula is C11H7BrN4O2. The normalized spacial score (nSPS) is 10.9. The molecule has 0 unspecified atom stereocenters. The summed E-state index contributed by atoms with van der Waals surface area (Å²) < 4.78 is 7.42. The van der Waals surface area contributed by atoms with Gasteiger partial charge in [-0.2, -0.15) is 0 Å². The van der Waals surface area contributed by atoms with Crippen LogP contribution in [-0.4, -0.2) is 20.9 Å². The molecule has 0 fully saturated rings. The summed E-state index contributed by atoms with van der Waals surface area (Å²) in [6.07, 6.45) is 2.27. The van der Waals surface area contributed by atoms with Crippen LogP contribution >= 0.6 is 15.9 Å². The van der Waals surface area contributed by atoms with Crippen molar-refractivity contribution >= 4 is 33.6 Å². The lowest BCUT2D eigenvalue weighted by molar-refractivity contribution is 0.112. The van der Waals surface area contributed by atoms with Crippen molar-refractivity contribution in [1.82, 2.24) is 14.6 Å². The lowest BCUT2D eigenvalue weighted by Gasteiger charge is -1.96. The lowest BCUT2D eigenvalue weighted by Crippen LogP contribution is -1.96. The van der Waals surface area contributed by atoms with E-state index in [2.05, 4.69) is 26.0 Å². The summed E-state index contributed by atoms with van der Waals surface area (Å²) in [4.78, 5) is 15.0. The number of hydrogen-bond donors (Lipinski definition) is 1. The molecule has 0 aliphatic carbocycles. The minimum atomic E-state index is 0.393. The number of aldehydes is 1. The van der Waals surface area contributed by atoms with E-state index in [0.717, 1.165) is 0 Å². The van der Waals surface area contributed by atoms with Crippen LogP contribution in [-0.2, 0) is 0 Å². The Morgan fingerprint density at radius 3 is 2.94 bits per heavy atom. The fourth-order valence-electron chi connectivity index (χ4n) is 1.64. The highest BCUT2D eigenvalue weighted by molar-refractivity contribution is 9.10. The smallest absolute Gasteiger partial charge is 0.218 e. The predicted octanol–water partition coefficient (Wildman–Crippen LogP) is 2.15. The molecule has 0 aliphatic heterocycles. The fraction of sp³-hybridized carbons (Fsp3) is 0. The van der Waals surface area contributed by atoms with Gasteiger partial charge >= 0.3 is 0 Å². The van der Waals surface area contributed by atoms with Crippen molar-refractivity contribution in [3.63, 3.8) is 0 Å². The van der Waals surface area contributed by atoms with Gasteiger partial charge in [0.05, 0.1) is 5.69 Å². The number of carbonyl (C=O) groups is 1. The van der Waals surface area contributed by atoms with Crippen LogP contribution in [0.4, 0.5) is 5.69 Å². The second-order valence-corrected chi connectivity index (χ2v) is 4.44. The molecule has 0 spiro atoms. The molecule has 0 atom stereocenters. The van der Waals surface area contributed by atoms with Gasteiger partial charge in [-0.05, 0) is 34.1 Å². The number of fused-ring (bicyclic) bond motifs is 1. The number of pyridine rings is 1. The number of nitrogens with zero attached hydrogens (tertiary/aromatic N) is 3. The summed E-state index contributed by atoms with van der Waals surface area (Å²) in [5, 5.41) is 4.22. The van der Waals surface area contributed by atoms with E-state index >= 15 is 0 Å². The van der Waals surface area contributed by atoms with Crippen LogP contribution in [0.5, 0.6) is 0 Å². The standard InChI is InChI=1S/C11H7BrN4O2/c12-9-2-1-8(18-9)10-14-11-7(13)3-6(5-17)4-16(11)15-10/h1-5H,13H2. The van der Waals surface area contributed by atoms with E-state index in [9.17, 15) is 4.79 Å². The van der Waals surface area contributed by atoms with E-state index < -0.39 is 0 Å². The molecule has 2 N–H and O–H groups in total. The molecule has 3 aromatic rings. The van der Waals surface area contributed by atoms with Crippen LogP contribution in [0.1, 0.15) is 10.4 Å². The van der Waals surface area contributed by atoms with Crippen LogP contribution in [0.15, 0.2) is 33.5 Å². The Kier molecular flexibility index (Phi) is 2.41. The lowest BCUT2D eigenvalue weighted by atomic mass is 10.3. The Labute approximate surface area is 110 Å². The minimum Gasteiger partial charge on any atom is -0.446 e. The average molecular weight is 307 g/mol. The third-order valence-electron chi connectivity index (χ3n) is 2.41. The van der Waals surface area contributed by atoms with Crippen LogP contribution in [0.3, 0.4) is 0 Å². The van der Waals surface area contributed by atoms with Gasteiger partial charge in [0.15, 0.2) is 22.4 Å².